The Labute approximate surface area is 193 Å². The van der Waals surface area contributed by atoms with Crippen molar-refractivity contribution in [3.05, 3.63) is 92.5 Å². The summed E-state index contributed by atoms with van der Waals surface area (Å²) in [4.78, 5) is 36.8. The zero-order valence-corrected chi connectivity index (χ0v) is 19.2. The van der Waals surface area contributed by atoms with Crippen molar-refractivity contribution in [3.63, 3.8) is 0 Å². The number of oxazole rings is 1. The van der Waals surface area contributed by atoms with Gasteiger partial charge >= 0.3 is 5.69 Å². The van der Waals surface area contributed by atoms with Crippen LogP contribution in [0.4, 0.5) is 0 Å². The molecule has 0 fully saturated rings. The fourth-order valence-corrected chi connectivity index (χ4v) is 4.53. The van der Waals surface area contributed by atoms with Crippen LogP contribution < -0.4 is 11.2 Å². The quantitative estimate of drug-likeness (QED) is 0.368. The van der Waals surface area contributed by atoms with Gasteiger partial charge in [0.15, 0.2) is 11.2 Å². The Morgan fingerprint density at radius 3 is 2.58 bits per heavy atom. The van der Waals surface area contributed by atoms with Crippen LogP contribution in [0, 0.1) is 5.92 Å². The van der Waals surface area contributed by atoms with E-state index in [1.165, 1.54) is 22.2 Å². The highest BCUT2D eigenvalue weighted by atomic mass is 32.1. The Kier molecular flexibility index (Phi) is 5.55. The smallest absolute Gasteiger partial charge is 0.333 e. The number of aromatic nitrogens is 5. The number of rotatable bonds is 7. The number of fused-ring (bicyclic) bond motifs is 1. The number of thiophene rings is 1. The first-order chi connectivity index (χ1) is 16.0. The van der Waals surface area contributed by atoms with Gasteiger partial charge in [-0.3, -0.25) is 13.9 Å². The number of imidazole rings is 1. The molecule has 1 aromatic carbocycles. The van der Waals surface area contributed by atoms with E-state index in [2.05, 4.69) is 23.8 Å². The van der Waals surface area contributed by atoms with E-state index in [9.17, 15) is 9.59 Å². The number of hydrogen-bond donors (Lipinski definition) is 0. The van der Waals surface area contributed by atoms with Crippen LogP contribution in [0.3, 0.4) is 0 Å². The molecule has 5 rings (SSSR count). The van der Waals surface area contributed by atoms with Crippen molar-refractivity contribution in [2.75, 3.05) is 0 Å². The third kappa shape index (κ3) is 4.07. The molecule has 168 valence electrons. The van der Waals surface area contributed by atoms with Gasteiger partial charge in [-0.05, 0) is 22.9 Å². The lowest BCUT2D eigenvalue weighted by molar-refractivity contribution is 0.529. The van der Waals surface area contributed by atoms with Crippen LogP contribution in [0.25, 0.3) is 21.9 Å². The molecule has 0 aliphatic carbocycles. The zero-order valence-electron chi connectivity index (χ0n) is 18.3. The highest BCUT2D eigenvalue weighted by Gasteiger charge is 2.20. The summed E-state index contributed by atoms with van der Waals surface area (Å²) in [5.74, 6) is 0.789. The highest BCUT2D eigenvalue weighted by Crippen LogP contribution is 2.23. The van der Waals surface area contributed by atoms with Crippen molar-refractivity contribution in [2.24, 2.45) is 5.92 Å². The van der Waals surface area contributed by atoms with E-state index in [4.69, 9.17) is 4.42 Å². The van der Waals surface area contributed by atoms with Gasteiger partial charge in [-0.25, -0.2) is 14.8 Å². The van der Waals surface area contributed by atoms with Gasteiger partial charge in [0.2, 0.25) is 5.89 Å². The predicted octanol–water partition coefficient (Wildman–Crippen LogP) is 3.83. The summed E-state index contributed by atoms with van der Waals surface area (Å²) in [5, 5.41) is 1.94. The molecule has 0 spiro atoms. The molecule has 0 aliphatic heterocycles. The first kappa shape index (κ1) is 21.1. The minimum absolute atomic E-state index is 0.0180. The van der Waals surface area contributed by atoms with Gasteiger partial charge in [0, 0.05) is 6.54 Å². The molecule has 0 saturated heterocycles. The van der Waals surface area contributed by atoms with Crippen LogP contribution in [-0.2, 0) is 19.6 Å². The molecule has 0 saturated carbocycles. The maximum absolute atomic E-state index is 13.5. The Hall–Kier alpha value is -3.72. The predicted molar refractivity (Wildman–Crippen MR) is 128 cm³/mol. The van der Waals surface area contributed by atoms with E-state index >= 15 is 0 Å². The summed E-state index contributed by atoms with van der Waals surface area (Å²) in [7, 11) is 0. The second kappa shape index (κ2) is 8.67. The third-order valence-corrected chi connectivity index (χ3v) is 6.19. The molecule has 0 radical (unpaired) electrons. The average molecular weight is 462 g/mol. The first-order valence-corrected chi connectivity index (χ1v) is 11.6. The van der Waals surface area contributed by atoms with Crippen molar-refractivity contribution in [1.82, 2.24) is 23.7 Å². The van der Waals surface area contributed by atoms with Crippen LogP contribution in [0.1, 0.15) is 25.1 Å². The van der Waals surface area contributed by atoms with Crippen LogP contribution in [0.2, 0.25) is 0 Å². The van der Waals surface area contributed by atoms with Gasteiger partial charge in [0.05, 0.1) is 30.0 Å². The van der Waals surface area contributed by atoms with Crippen molar-refractivity contribution in [2.45, 2.75) is 33.5 Å². The third-order valence-electron chi connectivity index (χ3n) is 5.33. The Balaban J connectivity index is 1.64. The zero-order chi connectivity index (χ0) is 22.9. The van der Waals surface area contributed by atoms with Gasteiger partial charge in [-0.2, -0.15) is 0 Å². The van der Waals surface area contributed by atoms with E-state index in [1.807, 2.05) is 52.4 Å². The summed E-state index contributed by atoms with van der Waals surface area (Å²) < 4.78 is 10.2. The van der Waals surface area contributed by atoms with Crippen molar-refractivity contribution in [3.8, 4) is 10.8 Å². The summed E-state index contributed by atoms with van der Waals surface area (Å²) in [6.07, 6.45) is 3.14. The molecule has 9 heteroatoms. The minimum Gasteiger partial charge on any atom is -0.443 e. The van der Waals surface area contributed by atoms with Crippen LogP contribution in [0.15, 0.2) is 74.4 Å². The van der Waals surface area contributed by atoms with Gasteiger partial charge in [0.25, 0.3) is 5.56 Å². The molecule has 0 aliphatic rings. The van der Waals surface area contributed by atoms with Gasteiger partial charge in [-0.15, -0.1) is 11.3 Å². The van der Waals surface area contributed by atoms with E-state index in [1.54, 1.807) is 10.9 Å². The van der Waals surface area contributed by atoms with Crippen LogP contribution in [-0.4, -0.2) is 23.7 Å². The molecule has 0 N–H and O–H groups in total. The van der Waals surface area contributed by atoms with Gasteiger partial charge < -0.3 is 8.98 Å². The van der Waals surface area contributed by atoms with E-state index in [0.29, 0.717) is 41.8 Å². The number of hydrogen-bond acceptors (Lipinski definition) is 6. The van der Waals surface area contributed by atoms with E-state index in [-0.39, 0.29) is 12.1 Å². The molecule has 0 bridgehead atoms. The number of benzene rings is 1. The summed E-state index contributed by atoms with van der Waals surface area (Å²) in [6.45, 7) is 5.11. The van der Waals surface area contributed by atoms with E-state index in [0.717, 1.165) is 10.4 Å². The molecule has 0 atom stereocenters. The lowest BCUT2D eigenvalue weighted by atomic mass is 10.2. The molecule has 4 heterocycles. The van der Waals surface area contributed by atoms with Crippen LogP contribution >= 0.6 is 11.3 Å². The molecule has 0 unspecified atom stereocenters. The molecule has 5 aromatic rings. The SMILES string of the molecule is CC(C)Cn1cnc2c1c(=O)n(Cc1coc(-c3cccs3)n1)c(=O)n2Cc1ccccc1. The highest BCUT2D eigenvalue weighted by molar-refractivity contribution is 7.13. The average Bonchev–Trinajstić information content (AvgIpc) is 3.55. The van der Waals surface area contributed by atoms with Crippen molar-refractivity contribution in [1.29, 1.82) is 0 Å². The molecule has 33 heavy (non-hydrogen) atoms. The summed E-state index contributed by atoms with van der Waals surface area (Å²) in [6, 6.07) is 13.5. The second-order valence-corrected chi connectivity index (χ2v) is 9.28. The molecule has 8 nitrogen and oxygen atoms in total. The molecular formula is C24H23N5O3S. The maximum Gasteiger partial charge on any atom is 0.333 e. The normalized spacial score (nSPS) is 11.6. The fourth-order valence-electron chi connectivity index (χ4n) is 3.87. The monoisotopic (exact) mass is 461 g/mol. The van der Waals surface area contributed by atoms with E-state index < -0.39 is 5.69 Å². The Morgan fingerprint density at radius 1 is 1.03 bits per heavy atom. The molecule has 4 aromatic heterocycles. The standard InChI is InChI=1S/C24H23N5O3S/c1-16(2)11-27-15-25-21-20(27)23(30)29(24(31)28(21)12-17-7-4-3-5-8-17)13-18-14-32-22(26-18)19-9-6-10-33-19/h3-10,14-16H,11-13H2,1-2H3. The first-order valence-electron chi connectivity index (χ1n) is 10.7. The van der Waals surface area contributed by atoms with Gasteiger partial charge in [-0.1, -0.05) is 50.2 Å². The van der Waals surface area contributed by atoms with Gasteiger partial charge in [0.1, 0.15) is 6.26 Å². The lowest BCUT2D eigenvalue weighted by Crippen LogP contribution is -2.41. The Bertz CT molecular complexity index is 1510. The summed E-state index contributed by atoms with van der Waals surface area (Å²) in [5.41, 5.74) is 1.47. The second-order valence-electron chi connectivity index (χ2n) is 8.33. The molecular weight excluding hydrogens is 438 g/mol. The summed E-state index contributed by atoms with van der Waals surface area (Å²) >= 11 is 1.51. The number of nitrogens with zero attached hydrogens (tertiary/aromatic N) is 5. The van der Waals surface area contributed by atoms with Crippen molar-refractivity contribution < 1.29 is 4.42 Å². The largest absolute Gasteiger partial charge is 0.443 e. The van der Waals surface area contributed by atoms with Crippen molar-refractivity contribution >= 4 is 22.5 Å². The van der Waals surface area contributed by atoms with Crippen LogP contribution in [0.5, 0.6) is 0 Å². The fraction of sp³-hybridized carbons (Fsp3) is 0.250. The maximum atomic E-state index is 13.5. The Morgan fingerprint density at radius 2 is 1.85 bits per heavy atom. The topological polar surface area (TPSA) is 87.8 Å². The lowest BCUT2D eigenvalue weighted by Gasteiger charge is -2.13. The minimum atomic E-state index is -0.424. The molecule has 0 amide bonds.